The molecule has 2 aromatic carbocycles. The summed E-state index contributed by atoms with van der Waals surface area (Å²) in [7, 11) is 0. The Labute approximate surface area is 118 Å². The zero-order chi connectivity index (χ0) is 14.4. The number of carboxylic acid groups (broad SMARTS) is 1. The Morgan fingerprint density at radius 2 is 1.95 bits per heavy atom. The fourth-order valence-electron chi connectivity index (χ4n) is 1.93. The predicted molar refractivity (Wildman–Crippen MR) is 78.4 cm³/mol. The lowest BCUT2D eigenvalue weighted by Gasteiger charge is -2.07. The van der Waals surface area contributed by atoms with Gasteiger partial charge < -0.3 is 14.6 Å². The summed E-state index contributed by atoms with van der Waals surface area (Å²) in [5, 5.41) is 12.5. The van der Waals surface area contributed by atoms with Crippen LogP contribution in [0.2, 0.25) is 0 Å². The number of aliphatic carboxylic acids is 1. The van der Waals surface area contributed by atoms with Crippen molar-refractivity contribution in [1.82, 2.24) is 0 Å². The maximum atomic E-state index is 10.4. The van der Waals surface area contributed by atoms with Crippen LogP contribution in [0, 0.1) is 0 Å². The van der Waals surface area contributed by atoms with E-state index in [4.69, 9.17) is 4.74 Å². The van der Waals surface area contributed by atoms with Crippen molar-refractivity contribution in [2.45, 2.75) is 19.8 Å². The SMILES string of the molecule is CCCCOc1ccc2cc(/C=C/C(=O)[O-])ccc2c1. The van der Waals surface area contributed by atoms with Gasteiger partial charge in [-0.3, -0.25) is 0 Å². The molecule has 0 aliphatic heterocycles. The number of carboxylic acids is 1. The van der Waals surface area contributed by atoms with E-state index in [1.165, 1.54) is 6.08 Å². The fourth-order valence-corrected chi connectivity index (χ4v) is 1.93. The second-order valence-corrected chi connectivity index (χ2v) is 4.62. The first-order valence-corrected chi connectivity index (χ1v) is 6.74. The van der Waals surface area contributed by atoms with Crippen molar-refractivity contribution in [3.63, 3.8) is 0 Å². The van der Waals surface area contributed by atoms with Gasteiger partial charge in [-0.25, -0.2) is 0 Å². The highest BCUT2D eigenvalue weighted by Gasteiger charge is 1.98. The van der Waals surface area contributed by atoms with Crippen molar-refractivity contribution in [2.75, 3.05) is 6.61 Å². The average molecular weight is 269 g/mol. The van der Waals surface area contributed by atoms with E-state index in [0.29, 0.717) is 0 Å². The molecule has 0 aliphatic rings. The molecule has 0 saturated carbocycles. The highest BCUT2D eigenvalue weighted by Crippen LogP contribution is 2.22. The van der Waals surface area contributed by atoms with Gasteiger partial charge in [0.25, 0.3) is 0 Å². The summed E-state index contributed by atoms with van der Waals surface area (Å²) in [4.78, 5) is 10.4. The Morgan fingerprint density at radius 1 is 1.20 bits per heavy atom. The molecule has 2 rings (SSSR count). The van der Waals surface area contributed by atoms with Crippen LogP contribution in [-0.2, 0) is 4.79 Å². The standard InChI is InChI=1S/C17H18O3/c1-2-3-10-20-16-8-7-14-11-13(5-9-17(18)19)4-6-15(14)12-16/h4-9,11-12H,2-3,10H2,1H3,(H,18,19)/p-1/b9-5+. The number of hydrogen-bond acceptors (Lipinski definition) is 3. The molecule has 104 valence electrons. The molecule has 0 aliphatic carbocycles. The van der Waals surface area contributed by atoms with Gasteiger partial charge in [0.15, 0.2) is 0 Å². The van der Waals surface area contributed by atoms with Gasteiger partial charge in [-0.05, 0) is 47.0 Å². The van der Waals surface area contributed by atoms with E-state index in [1.54, 1.807) is 0 Å². The van der Waals surface area contributed by atoms with Crippen molar-refractivity contribution in [3.8, 4) is 5.75 Å². The van der Waals surface area contributed by atoms with Crippen LogP contribution in [0.4, 0.5) is 0 Å². The summed E-state index contributed by atoms with van der Waals surface area (Å²) < 4.78 is 5.66. The number of ether oxygens (including phenoxy) is 1. The largest absolute Gasteiger partial charge is 0.545 e. The highest BCUT2D eigenvalue weighted by molar-refractivity contribution is 5.88. The summed E-state index contributed by atoms with van der Waals surface area (Å²) in [6, 6.07) is 11.7. The Bertz CT molecular complexity index is 629. The number of carbonyl (C=O) groups excluding carboxylic acids is 1. The van der Waals surface area contributed by atoms with Crippen molar-refractivity contribution in [3.05, 3.63) is 48.0 Å². The maximum absolute atomic E-state index is 10.4. The molecule has 0 saturated heterocycles. The van der Waals surface area contributed by atoms with Gasteiger partial charge in [0.05, 0.1) is 12.6 Å². The molecule has 0 heterocycles. The van der Waals surface area contributed by atoms with E-state index in [-0.39, 0.29) is 0 Å². The van der Waals surface area contributed by atoms with Crippen LogP contribution in [0.25, 0.3) is 16.8 Å². The number of benzene rings is 2. The molecule has 0 amide bonds. The molecule has 0 N–H and O–H groups in total. The summed E-state index contributed by atoms with van der Waals surface area (Å²) in [6.07, 6.45) is 4.72. The third kappa shape index (κ3) is 3.85. The minimum absolute atomic E-state index is 0.731. The van der Waals surface area contributed by atoms with Crippen LogP contribution in [-0.4, -0.2) is 12.6 Å². The second-order valence-electron chi connectivity index (χ2n) is 4.62. The normalized spacial score (nSPS) is 11.1. The number of carbonyl (C=O) groups is 1. The lowest BCUT2D eigenvalue weighted by molar-refractivity contribution is -0.297. The monoisotopic (exact) mass is 269 g/mol. The minimum atomic E-state index is -1.19. The van der Waals surface area contributed by atoms with E-state index in [0.717, 1.165) is 47.6 Å². The van der Waals surface area contributed by atoms with E-state index in [2.05, 4.69) is 6.92 Å². The zero-order valence-corrected chi connectivity index (χ0v) is 11.5. The fraction of sp³-hybridized carbons (Fsp3) is 0.235. The lowest BCUT2D eigenvalue weighted by atomic mass is 10.1. The quantitative estimate of drug-likeness (QED) is 0.598. The van der Waals surface area contributed by atoms with Gasteiger partial charge in [0.2, 0.25) is 0 Å². The van der Waals surface area contributed by atoms with Crippen LogP contribution in [0.1, 0.15) is 25.3 Å². The molecule has 0 spiro atoms. The van der Waals surface area contributed by atoms with Gasteiger partial charge >= 0.3 is 0 Å². The van der Waals surface area contributed by atoms with Crippen LogP contribution < -0.4 is 9.84 Å². The van der Waals surface area contributed by atoms with E-state index >= 15 is 0 Å². The van der Waals surface area contributed by atoms with Gasteiger partial charge in [0, 0.05) is 0 Å². The minimum Gasteiger partial charge on any atom is -0.545 e. The van der Waals surface area contributed by atoms with Crippen LogP contribution >= 0.6 is 0 Å². The lowest BCUT2D eigenvalue weighted by Crippen LogP contribution is -2.18. The first kappa shape index (κ1) is 14.1. The summed E-state index contributed by atoms with van der Waals surface area (Å²) in [5.74, 6) is -0.325. The molecule has 3 nitrogen and oxygen atoms in total. The first-order chi connectivity index (χ1) is 9.69. The maximum Gasteiger partial charge on any atom is 0.119 e. The van der Waals surface area contributed by atoms with Crippen LogP contribution in [0.15, 0.2) is 42.5 Å². The third-order valence-electron chi connectivity index (χ3n) is 3.01. The number of hydrogen-bond donors (Lipinski definition) is 0. The van der Waals surface area contributed by atoms with Crippen molar-refractivity contribution < 1.29 is 14.6 Å². The smallest absolute Gasteiger partial charge is 0.119 e. The number of fused-ring (bicyclic) bond motifs is 1. The molecule has 0 bridgehead atoms. The van der Waals surface area contributed by atoms with Gasteiger partial charge in [-0.15, -0.1) is 0 Å². The summed E-state index contributed by atoms with van der Waals surface area (Å²) in [5.41, 5.74) is 0.835. The van der Waals surface area contributed by atoms with Crippen LogP contribution in [0.3, 0.4) is 0 Å². The van der Waals surface area contributed by atoms with E-state index < -0.39 is 5.97 Å². The molecule has 0 aromatic heterocycles. The van der Waals surface area contributed by atoms with Crippen molar-refractivity contribution >= 4 is 22.8 Å². The first-order valence-electron chi connectivity index (χ1n) is 6.74. The Kier molecular flexibility index (Phi) is 4.77. The zero-order valence-electron chi connectivity index (χ0n) is 11.5. The molecule has 0 unspecified atom stereocenters. The summed E-state index contributed by atoms with van der Waals surface area (Å²) in [6.45, 7) is 2.86. The molecule has 3 heteroatoms. The molecule has 0 radical (unpaired) electrons. The van der Waals surface area contributed by atoms with Crippen molar-refractivity contribution in [1.29, 1.82) is 0 Å². The Hall–Kier alpha value is -2.29. The predicted octanol–water partition coefficient (Wildman–Crippen LogP) is 2.78. The van der Waals surface area contributed by atoms with Gasteiger partial charge in [-0.1, -0.05) is 37.6 Å². The summed E-state index contributed by atoms with van der Waals surface area (Å²) >= 11 is 0. The molecular weight excluding hydrogens is 252 g/mol. The van der Waals surface area contributed by atoms with Gasteiger partial charge in [0.1, 0.15) is 5.75 Å². The molecule has 0 fully saturated rings. The average Bonchev–Trinajstić information content (AvgIpc) is 2.45. The highest BCUT2D eigenvalue weighted by atomic mass is 16.5. The molecular formula is C17H17O3-. The molecule has 0 atom stereocenters. The number of unbranched alkanes of at least 4 members (excludes halogenated alkanes) is 1. The molecule has 20 heavy (non-hydrogen) atoms. The second kappa shape index (κ2) is 6.75. The number of rotatable bonds is 6. The van der Waals surface area contributed by atoms with Crippen LogP contribution in [0.5, 0.6) is 5.75 Å². The van der Waals surface area contributed by atoms with Gasteiger partial charge in [-0.2, -0.15) is 0 Å². The topological polar surface area (TPSA) is 49.4 Å². The molecule has 2 aromatic rings. The van der Waals surface area contributed by atoms with Crippen molar-refractivity contribution in [2.24, 2.45) is 0 Å². The van der Waals surface area contributed by atoms with E-state index in [9.17, 15) is 9.90 Å². The van der Waals surface area contributed by atoms with E-state index in [1.807, 2.05) is 36.4 Å². The third-order valence-corrected chi connectivity index (χ3v) is 3.01. The Balaban J connectivity index is 2.18. The Morgan fingerprint density at radius 3 is 2.70 bits per heavy atom.